The van der Waals surface area contributed by atoms with Crippen molar-refractivity contribution < 1.29 is 14.3 Å². The molecule has 0 aromatic heterocycles. The predicted molar refractivity (Wildman–Crippen MR) is 62.8 cm³/mol. The molecule has 0 fully saturated rings. The Morgan fingerprint density at radius 3 is 2.75 bits per heavy atom. The first-order valence-electron chi connectivity index (χ1n) is 5.26. The number of nitrogens with two attached hydrogens (primary N) is 1. The van der Waals surface area contributed by atoms with Crippen molar-refractivity contribution in [1.29, 1.82) is 0 Å². The molecule has 1 aromatic rings. The van der Waals surface area contributed by atoms with Gasteiger partial charge in [0.2, 0.25) is 0 Å². The molecule has 2 N–H and O–H groups in total. The van der Waals surface area contributed by atoms with E-state index in [4.69, 9.17) is 15.2 Å². The van der Waals surface area contributed by atoms with E-state index in [2.05, 4.69) is 0 Å². The van der Waals surface area contributed by atoms with Crippen LogP contribution in [0, 0.1) is 0 Å². The summed E-state index contributed by atoms with van der Waals surface area (Å²) in [6.45, 7) is 5.09. The number of hydrogen-bond acceptors (Lipinski definition) is 4. The molecule has 0 amide bonds. The van der Waals surface area contributed by atoms with E-state index in [9.17, 15) is 4.79 Å². The standard InChI is InChI=1S/C12H17NO3/c1-3-15-6-7-16-10-4-5-12(13)11(8-10)9(2)14/h4-5,8H,3,6-7,13H2,1-2H3. The first kappa shape index (κ1) is 12.5. The molecule has 16 heavy (non-hydrogen) atoms. The molecule has 4 nitrogen and oxygen atoms in total. The summed E-state index contributed by atoms with van der Waals surface area (Å²) < 4.78 is 10.6. The number of rotatable bonds is 6. The lowest BCUT2D eigenvalue weighted by Gasteiger charge is -2.08. The van der Waals surface area contributed by atoms with E-state index in [1.165, 1.54) is 6.92 Å². The summed E-state index contributed by atoms with van der Waals surface area (Å²) in [6.07, 6.45) is 0. The molecule has 1 rings (SSSR count). The van der Waals surface area contributed by atoms with Gasteiger partial charge in [0, 0.05) is 17.9 Å². The average molecular weight is 223 g/mol. The highest BCUT2D eigenvalue weighted by molar-refractivity contribution is 5.99. The van der Waals surface area contributed by atoms with Gasteiger partial charge in [-0.25, -0.2) is 0 Å². The van der Waals surface area contributed by atoms with Crippen molar-refractivity contribution in [3.8, 4) is 5.75 Å². The highest BCUT2D eigenvalue weighted by Crippen LogP contribution is 2.20. The summed E-state index contributed by atoms with van der Waals surface area (Å²) in [6, 6.07) is 5.07. The first-order chi connectivity index (χ1) is 7.65. The predicted octanol–water partition coefficient (Wildman–Crippen LogP) is 1.89. The summed E-state index contributed by atoms with van der Waals surface area (Å²) in [4.78, 5) is 11.2. The third-order valence-corrected chi connectivity index (χ3v) is 2.10. The zero-order valence-corrected chi connectivity index (χ0v) is 9.66. The molecule has 0 radical (unpaired) electrons. The van der Waals surface area contributed by atoms with E-state index < -0.39 is 0 Å². The van der Waals surface area contributed by atoms with Gasteiger partial charge in [-0.15, -0.1) is 0 Å². The van der Waals surface area contributed by atoms with Crippen LogP contribution in [0.4, 0.5) is 5.69 Å². The molecule has 0 spiro atoms. The number of nitrogen functional groups attached to an aromatic ring is 1. The van der Waals surface area contributed by atoms with E-state index in [1.807, 2.05) is 6.92 Å². The van der Waals surface area contributed by atoms with Crippen LogP contribution in [0.3, 0.4) is 0 Å². The summed E-state index contributed by atoms with van der Waals surface area (Å²) in [5, 5.41) is 0. The molecular weight excluding hydrogens is 206 g/mol. The highest BCUT2D eigenvalue weighted by atomic mass is 16.5. The molecule has 0 aliphatic carbocycles. The maximum absolute atomic E-state index is 11.2. The Kier molecular flexibility index (Phi) is 4.79. The molecule has 0 saturated carbocycles. The summed E-state index contributed by atoms with van der Waals surface area (Å²) in [5.41, 5.74) is 6.64. The molecular formula is C12H17NO3. The van der Waals surface area contributed by atoms with Crippen molar-refractivity contribution in [3.63, 3.8) is 0 Å². The quantitative estimate of drug-likeness (QED) is 0.454. The molecule has 88 valence electrons. The molecule has 4 heteroatoms. The van der Waals surface area contributed by atoms with Gasteiger partial charge in [-0.2, -0.15) is 0 Å². The zero-order valence-electron chi connectivity index (χ0n) is 9.66. The number of hydrogen-bond donors (Lipinski definition) is 1. The molecule has 1 aromatic carbocycles. The SMILES string of the molecule is CCOCCOc1ccc(N)c(C(C)=O)c1. The fourth-order valence-corrected chi connectivity index (χ4v) is 1.29. The molecule has 0 atom stereocenters. The number of benzene rings is 1. The fraction of sp³-hybridized carbons (Fsp3) is 0.417. The van der Waals surface area contributed by atoms with E-state index in [0.717, 1.165) is 0 Å². The van der Waals surface area contributed by atoms with Crippen molar-refractivity contribution in [1.82, 2.24) is 0 Å². The van der Waals surface area contributed by atoms with Gasteiger partial charge in [0.15, 0.2) is 5.78 Å². The Balaban J connectivity index is 2.61. The third kappa shape index (κ3) is 3.55. The largest absolute Gasteiger partial charge is 0.491 e. The average Bonchev–Trinajstić information content (AvgIpc) is 2.26. The van der Waals surface area contributed by atoms with E-state index in [-0.39, 0.29) is 5.78 Å². The second-order valence-corrected chi connectivity index (χ2v) is 3.35. The number of anilines is 1. The van der Waals surface area contributed by atoms with Crippen LogP contribution in [0.25, 0.3) is 0 Å². The molecule has 0 bridgehead atoms. The van der Waals surface area contributed by atoms with Crippen LogP contribution in [-0.4, -0.2) is 25.6 Å². The highest BCUT2D eigenvalue weighted by Gasteiger charge is 2.06. The van der Waals surface area contributed by atoms with Gasteiger partial charge in [-0.05, 0) is 32.0 Å². The van der Waals surface area contributed by atoms with Gasteiger partial charge in [0.25, 0.3) is 0 Å². The van der Waals surface area contributed by atoms with Crippen LogP contribution in [0.15, 0.2) is 18.2 Å². The van der Waals surface area contributed by atoms with E-state index in [0.29, 0.717) is 36.8 Å². The number of Topliss-reactive ketones (excluding diaryl/α,β-unsaturated/α-hetero) is 1. The van der Waals surface area contributed by atoms with Crippen molar-refractivity contribution in [3.05, 3.63) is 23.8 Å². The minimum atomic E-state index is -0.0623. The van der Waals surface area contributed by atoms with Gasteiger partial charge in [0.1, 0.15) is 12.4 Å². The lowest BCUT2D eigenvalue weighted by Crippen LogP contribution is -2.07. The number of ketones is 1. The third-order valence-electron chi connectivity index (χ3n) is 2.10. The van der Waals surface area contributed by atoms with E-state index in [1.54, 1.807) is 18.2 Å². The van der Waals surface area contributed by atoms with E-state index >= 15 is 0 Å². The minimum Gasteiger partial charge on any atom is -0.491 e. The second kappa shape index (κ2) is 6.12. The van der Waals surface area contributed by atoms with Crippen LogP contribution in [-0.2, 0) is 4.74 Å². The van der Waals surface area contributed by atoms with Gasteiger partial charge in [-0.3, -0.25) is 4.79 Å². The van der Waals surface area contributed by atoms with Crippen LogP contribution < -0.4 is 10.5 Å². The topological polar surface area (TPSA) is 61.6 Å². The maximum Gasteiger partial charge on any atom is 0.162 e. The number of carbonyl (C=O) groups excluding carboxylic acids is 1. The van der Waals surface area contributed by atoms with Gasteiger partial charge in [0.05, 0.1) is 6.61 Å². The van der Waals surface area contributed by atoms with Gasteiger partial charge >= 0.3 is 0 Å². The monoisotopic (exact) mass is 223 g/mol. The first-order valence-corrected chi connectivity index (χ1v) is 5.26. The van der Waals surface area contributed by atoms with Crippen molar-refractivity contribution >= 4 is 11.5 Å². The smallest absolute Gasteiger partial charge is 0.162 e. The van der Waals surface area contributed by atoms with Crippen LogP contribution in [0.2, 0.25) is 0 Å². The Morgan fingerprint density at radius 2 is 2.12 bits per heavy atom. The van der Waals surface area contributed by atoms with Crippen LogP contribution in [0.1, 0.15) is 24.2 Å². The Morgan fingerprint density at radius 1 is 1.38 bits per heavy atom. The maximum atomic E-state index is 11.2. The van der Waals surface area contributed by atoms with Gasteiger partial charge < -0.3 is 15.2 Å². The summed E-state index contributed by atoms with van der Waals surface area (Å²) in [5.74, 6) is 0.576. The lowest BCUT2D eigenvalue weighted by atomic mass is 10.1. The molecule has 0 aliphatic heterocycles. The number of carbonyl (C=O) groups is 1. The van der Waals surface area contributed by atoms with Crippen molar-refractivity contribution in [2.75, 3.05) is 25.6 Å². The molecule has 0 heterocycles. The normalized spacial score (nSPS) is 10.1. The second-order valence-electron chi connectivity index (χ2n) is 3.35. The Hall–Kier alpha value is -1.55. The zero-order chi connectivity index (χ0) is 12.0. The molecule has 0 saturated heterocycles. The van der Waals surface area contributed by atoms with Crippen LogP contribution in [0.5, 0.6) is 5.75 Å². The Bertz CT molecular complexity index is 363. The Labute approximate surface area is 95.3 Å². The fourth-order valence-electron chi connectivity index (χ4n) is 1.29. The summed E-state index contributed by atoms with van der Waals surface area (Å²) in [7, 11) is 0. The number of ether oxygens (including phenoxy) is 2. The van der Waals surface area contributed by atoms with Crippen molar-refractivity contribution in [2.45, 2.75) is 13.8 Å². The lowest BCUT2D eigenvalue weighted by molar-refractivity contribution is 0.101. The molecule has 0 aliphatic rings. The minimum absolute atomic E-state index is 0.0623. The van der Waals surface area contributed by atoms with Crippen LogP contribution >= 0.6 is 0 Å². The summed E-state index contributed by atoms with van der Waals surface area (Å²) >= 11 is 0. The van der Waals surface area contributed by atoms with Crippen molar-refractivity contribution in [2.24, 2.45) is 0 Å². The molecule has 0 unspecified atom stereocenters. The van der Waals surface area contributed by atoms with Gasteiger partial charge in [-0.1, -0.05) is 0 Å².